The first-order chi connectivity index (χ1) is 22.6. The Morgan fingerprint density at radius 1 is 0.723 bits per heavy atom. The average molecular weight is 653 g/mol. The Hall–Kier alpha value is -4.20. The Kier molecular flexibility index (Phi) is 27.1. The van der Waals surface area contributed by atoms with Crippen molar-refractivity contribution in [1.29, 1.82) is 0 Å². The minimum absolute atomic E-state index is 0.0437. The zero-order chi connectivity index (χ0) is 37.3. The second-order valence-corrected chi connectivity index (χ2v) is 8.84. The van der Waals surface area contributed by atoms with Gasteiger partial charge in [-0.15, -0.1) is 0 Å². The predicted molar refractivity (Wildman–Crippen MR) is 201 cm³/mol. The molecule has 2 aromatic heterocycles. The lowest BCUT2D eigenvalue weighted by molar-refractivity contribution is 0.102. The van der Waals surface area contributed by atoms with Crippen molar-refractivity contribution < 1.29 is 14.3 Å². The molecular formula is C39H64N4O4. The second kappa shape index (κ2) is 27.0. The van der Waals surface area contributed by atoms with Crippen LogP contribution < -0.4 is 10.3 Å². The maximum absolute atomic E-state index is 12.6. The van der Waals surface area contributed by atoms with Gasteiger partial charge < -0.3 is 4.74 Å². The van der Waals surface area contributed by atoms with Gasteiger partial charge in [0.25, 0.3) is 5.56 Å². The van der Waals surface area contributed by atoms with Crippen LogP contribution in [0.4, 0.5) is 0 Å². The van der Waals surface area contributed by atoms with E-state index < -0.39 is 0 Å². The van der Waals surface area contributed by atoms with E-state index in [2.05, 4.69) is 17.1 Å². The molecule has 0 aliphatic heterocycles. The van der Waals surface area contributed by atoms with Crippen LogP contribution in [0.5, 0.6) is 5.88 Å². The first-order valence-electron chi connectivity index (χ1n) is 17.2. The van der Waals surface area contributed by atoms with Gasteiger partial charge in [-0.1, -0.05) is 119 Å². The summed E-state index contributed by atoms with van der Waals surface area (Å²) in [5, 5.41) is 7.08. The van der Waals surface area contributed by atoms with Crippen molar-refractivity contribution in [3.8, 4) is 5.88 Å². The van der Waals surface area contributed by atoms with E-state index in [0.717, 1.165) is 24.0 Å². The number of carbonyl (C=O) groups is 2. The lowest BCUT2D eigenvalue weighted by Crippen LogP contribution is -2.19. The Bertz CT molecular complexity index is 1490. The summed E-state index contributed by atoms with van der Waals surface area (Å²) in [6, 6.07) is 15.1. The van der Waals surface area contributed by atoms with Crippen molar-refractivity contribution in [2.75, 3.05) is 7.11 Å². The number of aromatic nitrogens is 4. The number of benzene rings is 2. The van der Waals surface area contributed by atoms with E-state index >= 15 is 0 Å². The molecule has 0 radical (unpaired) electrons. The molecule has 0 bridgehead atoms. The molecule has 0 unspecified atom stereocenters. The number of aryl methyl sites for hydroxylation is 6. The van der Waals surface area contributed by atoms with E-state index in [1.54, 1.807) is 38.9 Å². The van der Waals surface area contributed by atoms with Gasteiger partial charge in [0, 0.05) is 30.9 Å². The lowest BCUT2D eigenvalue weighted by atomic mass is 10.0. The number of aromatic amines is 1. The maximum Gasteiger partial charge on any atom is 0.277 e. The number of nitrogens with one attached hydrogen (secondary N) is 1. The molecule has 4 aromatic rings. The molecule has 0 aliphatic rings. The van der Waals surface area contributed by atoms with Crippen molar-refractivity contribution >= 4 is 11.6 Å². The zero-order valence-electron chi connectivity index (χ0n) is 32.5. The molecule has 264 valence electrons. The number of H-pyrrole nitrogens is 1. The summed E-state index contributed by atoms with van der Waals surface area (Å²) in [5.74, 6) is 0.242. The molecule has 0 saturated heterocycles. The van der Waals surface area contributed by atoms with E-state index in [9.17, 15) is 14.4 Å². The topological polar surface area (TPSA) is 99.0 Å². The van der Waals surface area contributed by atoms with Crippen LogP contribution in [0.1, 0.15) is 137 Å². The summed E-state index contributed by atoms with van der Waals surface area (Å²) >= 11 is 0. The standard InChI is InChI=1S/C15H18N2O2.C14H16N2O2.5C2H6/c1-5-11-7-6-8-12(9-11)14(18)13-10(2)16-17(3)15(13)19-4;1-4-10-6-5-7-11(8-10)13(17)12-9(2)15-16(3)14(12)18;5*1-2/h6-9H,5H2,1-4H3;5-8,15H,4H2,1-3H3;5*1-2H3. The number of nitrogens with zero attached hydrogens (tertiary/aromatic N) is 3. The Morgan fingerprint density at radius 2 is 1.13 bits per heavy atom. The molecule has 47 heavy (non-hydrogen) atoms. The summed E-state index contributed by atoms with van der Waals surface area (Å²) in [4.78, 5) is 36.8. The minimum atomic E-state index is -0.278. The van der Waals surface area contributed by atoms with Gasteiger partial charge in [0.15, 0.2) is 11.6 Å². The lowest BCUT2D eigenvalue weighted by Gasteiger charge is -2.05. The highest BCUT2D eigenvalue weighted by Crippen LogP contribution is 2.24. The number of ketones is 2. The number of rotatable bonds is 7. The van der Waals surface area contributed by atoms with Gasteiger partial charge in [-0.05, 0) is 49.9 Å². The van der Waals surface area contributed by atoms with Crippen molar-refractivity contribution in [3.05, 3.63) is 104 Å². The summed E-state index contributed by atoms with van der Waals surface area (Å²) in [7, 11) is 4.93. The van der Waals surface area contributed by atoms with Crippen molar-refractivity contribution in [1.82, 2.24) is 19.6 Å². The van der Waals surface area contributed by atoms with Crippen molar-refractivity contribution in [2.45, 2.75) is 110 Å². The van der Waals surface area contributed by atoms with Gasteiger partial charge in [-0.3, -0.25) is 24.2 Å². The van der Waals surface area contributed by atoms with Crippen LogP contribution in [0.2, 0.25) is 0 Å². The molecule has 0 fully saturated rings. The molecular weight excluding hydrogens is 588 g/mol. The van der Waals surface area contributed by atoms with Crippen LogP contribution in [-0.2, 0) is 26.9 Å². The first-order valence-corrected chi connectivity index (χ1v) is 17.2. The number of hydrogen-bond acceptors (Lipinski definition) is 5. The highest BCUT2D eigenvalue weighted by Gasteiger charge is 2.22. The van der Waals surface area contributed by atoms with E-state index in [1.165, 1.54) is 4.68 Å². The van der Waals surface area contributed by atoms with Gasteiger partial charge in [-0.25, -0.2) is 4.68 Å². The van der Waals surface area contributed by atoms with E-state index in [1.807, 2.05) is 126 Å². The van der Waals surface area contributed by atoms with E-state index in [0.29, 0.717) is 34.0 Å². The number of carbonyl (C=O) groups excluding carboxylic acids is 2. The molecule has 0 spiro atoms. The quantitative estimate of drug-likeness (QED) is 0.201. The predicted octanol–water partition coefficient (Wildman–Crippen LogP) is 9.48. The van der Waals surface area contributed by atoms with Crippen LogP contribution in [0.3, 0.4) is 0 Å². The SMILES string of the molecule is CC.CC.CC.CC.CC.CCc1cccc(C(=O)c2c(C)[nH]n(C)c2=O)c1.CCc1cccc(C(=O)c2c(C)nn(C)c2OC)c1. The fourth-order valence-electron chi connectivity index (χ4n) is 4.24. The van der Waals surface area contributed by atoms with Crippen molar-refractivity contribution in [2.24, 2.45) is 14.1 Å². The second-order valence-electron chi connectivity index (χ2n) is 8.84. The average Bonchev–Trinajstić information content (AvgIpc) is 3.58. The van der Waals surface area contributed by atoms with Crippen LogP contribution in [-0.4, -0.2) is 38.2 Å². The molecule has 0 amide bonds. The molecule has 2 heterocycles. The summed E-state index contributed by atoms with van der Waals surface area (Å²) in [6.07, 6.45) is 1.77. The van der Waals surface area contributed by atoms with Gasteiger partial charge in [0.2, 0.25) is 5.88 Å². The largest absolute Gasteiger partial charge is 0.481 e. The minimum Gasteiger partial charge on any atom is -0.481 e. The third kappa shape index (κ3) is 13.6. The molecule has 0 atom stereocenters. The summed E-state index contributed by atoms with van der Waals surface area (Å²) < 4.78 is 8.19. The van der Waals surface area contributed by atoms with Crippen molar-refractivity contribution in [3.63, 3.8) is 0 Å². The monoisotopic (exact) mass is 652 g/mol. The Labute approximate surface area is 285 Å². The number of ether oxygens (including phenoxy) is 1. The van der Waals surface area contributed by atoms with Gasteiger partial charge in [0.05, 0.1) is 12.8 Å². The molecule has 8 nitrogen and oxygen atoms in total. The smallest absolute Gasteiger partial charge is 0.277 e. The molecule has 8 heteroatoms. The fraction of sp³-hybridized carbons (Fsp3) is 0.487. The Balaban J connectivity index is -0.000000651. The summed E-state index contributed by atoms with van der Waals surface area (Å²) in [5.41, 5.74) is 5.25. The van der Waals surface area contributed by atoms with Crippen LogP contribution in [0.15, 0.2) is 53.3 Å². The maximum atomic E-state index is 12.6. The van der Waals surface area contributed by atoms with Crippen LogP contribution in [0, 0.1) is 13.8 Å². The third-order valence-electron chi connectivity index (χ3n) is 6.24. The van der Waals surface area contributed by atoms with Gasteiger partial charge >= 0.3 is 0 Å². The molecule has 0 aliphatic carbocycles. The summed E-state index contributed by atoms with van der Waals surface area (Å²) in [6.45, 7) is 27.7. The zero-order valence-corrected chi connectivity index (χ0v) is 32.5. The first kappa shape index (κ1) is 47.2. The van der Waals surface area contributed by atoms with E-state index in [4.69, 9.17) is 4.74 Å². The van der Waals surface area contributed by atoms with Crippen LogP contribution in [0.25, 0.3) is 0 Å². The highest BCUT2D eigenvalue weighted by molar-refractivity contribution is 6.11. The molecule has 4 rings (SSSR count). The number of hydrogen-bond donors (Lipinski definition) is 1. The Morgan fingerprint density at radius 3 is 1.47 bits per heavy atom. The molecule has 2 aromatic carbocycles. The molecule has 1 N–H and O–H groups in total. The normalized spacial score (nSPS) is 8.96. The highest BCUT2D eigenvalue weighted by atomic mass is 16.5. The van der Waals surface area contributed by atoms with Gasteiger partial charge in [-0.2, -0.15) is 5.10 Å². The van der Waals surface area contributed by atoms with E-state index in [-0.39, 0.29) is 22.7 Å². The number of methoxy groups -OCH3 is 1. The third-order valence-corrected chi connectivity index (χ3v) is 6.24. The fourth-order valence-corrected chi connectivity index (χ4v) is 4.24. The van der Waals surface area contributed by atoms with Gasteiger partial charge in [0.1, 0.15) is 11.1 Å². The molecule has 0 saturated carbocycles. The van der Waals surface area contributed by atoms with Crippen LogP contribution >= 0.6 is 0 Å².